The number of ether oxygens (including phenoxy) is 1. The van der Waals surface area contributed by atoms with Crippen LogP contribution in [0.25, 0.3) is 0 Å². The lowest BCUT2D eigenvalue weighted by Crippen LogP contribution is -2.42. The molecule has 114 valence electrons. The molecule has 0 radical (unpaired) electrons. The van der Waals surface area contributed by atoms with E-state index in [4.69, 9.17) is 15.0 Å². The minimum atomic E-state index is -0.193. The van der Waals surface area contributed by atoms with Gasteiger partial charge in [-0.1, -0.05) is 19.0 Å². The molecule has 6 heteroatoms. The van der Waals surface area contributed by atoms with Crippen LogP contribution in [-0.2, 0) is 4.74 Å². The first kappa shape index (κ1) is 15.4. The quantitative estimate of drug-likeness (QED) is 0.888. The number of hydrogen-bond donors (Lipinski definition) is 1. The van der Waals surface area contributed by atoms with E-state index >= 15 is 0 Å². The van der Waals surface area contributed by atoms with Crippen LogP contribution in [0.5, 0.6) is 0 Å². The molecule has 1 saturated heterocycles. The lowest BCUT2D eigenvalue weighted by molar-refractivity contribution is -0.0450. The summed E-state index contributed by atoms with van der Waals surface area (Å²) in [7, 11) is 0. The highest BCUT2D eigenvalue weighted by Crippen LogP contribution is 2.23. The smallest absolute Gasteiger partial charge is 0.243 e. The van der Waals surface area contributed by atoms with E-state index in [1.54, 1.807) is 0 Å². The second kappa shape index (κ2) is 6.65. The molecule has 0 bridgehead atoms. The highest BCUT2D eigenvalue weighted by molar-refractivity contribution is 4.97. The van der Waals surface area contributed by atoms with Crippen molar-refractivity contribution in [2.24, 2.45) is 11.7 Å². The maximum Gasteiger partial charge on any atom is 0.243 e. The molecule has 1 fully saturated rings. The fourth-order valence-electron chi connectivity index (χ4n) is 2.43. The van der Waals surface area contributed by atoms with Crippen LogP contribution in [-0.4, -0.2) is 40.8 Å². The molecule has 6 nitrogen and oxygen atoms in total. The SMILES string of the molecule is CC(C)C[C@@H](N)c1nc(C2CN(C(C)C)CCO2)no1. The van der Waals surface area contributed by atoms with Crippen LogP contribution in [0, 0.1) is 5.92 Å². The van der Waals surface area contributed by atoms with Gasteiger partial charge in [0.25, 0.3) is 0 Å². The molecule has 1 unspecified atom stereocenters. The summed E-state index contributed by atoms with van der Waals surface area (Å²) in [6.45, 7) is 11.1. The molecule has 0 aromatic carbocycles. The van der Waals surface area contributed by atoms with Gasteiger partial charge in [0.2, 0.25) is 11.7 Å². The van der Waals surface area contributed by atoms with Gasteiger partial charge in [0, 0.05) is 19.1 Å². The fourth-order valence-corrected chi connectivity index (χ4v) is 2.43. The zero-order valence-corrected chi connectivity index (χ0v) is 12.9. The maximum atomic E-state index is 6.07. The standard InChI is InChI=1S/C14H26N4O2/c1-9(2)7-11(15)14-16-13(17-20-14)12-8-18(10(3)4)5-6-19-12/h9-12H,5-8,15H2,1-4H3/t11-,12?/m1/s1. The monoisotopic (exact) mass is 282 g/mol. The third kappa shape index (κ3) is 3.77. The molecule has 0 saturated carbocycles. The Hall–Kier alpha value is -0.980. The second-order valence-electron chi connectivity index (χ2n) is 6.17. The Kier molecular flexibility index (Phi) is 5.12. The van der Waals surface area contributed by atoms with Gasteiger partial charge in [0.05, 0.1) is 12.6 Å². The van der Waals surface area contributed by atoms with Gasteiger partial charge in [-0.2, -0.15) is 4.98 Å². The molecule has 0 spiro atoms. The first-order valence-corrected chi connectivity index (χ1v) is 7.42. The highest BCUT2D eigenvalue weighted by atomic mass is 16.5. The molecule has 0 aliphatic carbocycles. The normalized spacial score (nSPS) is 22.6. The van der Waals surface area contributed by atoms with Gasteiger partial charge in [-0.05, 0) is 26.2 Å². The minimum Gasteiger partial charge on any atom is -0.367 e. The Morgan fingerprint density at radius 2 is 2.10 bits per heavy atom. The zero-order valence-electron chi connectivity index (χ0n) is 12.9. The molecular weight excluding hydrogens is 256 g/mol. The van der Waals surface area contributed by atoms with Crippen molar-refractivity contribution in [2.75, 3.05) is 19.7 Å². The molecular formula is C14H26N4O2. The molecule has 2 atom stereocenters. The van der Waals surface area contributed by atoms with Gasteiger partial charge in [-0.3, -0.25) is 4.90 Å². The number of nitrogens with two attached hydrogens (primary N) is 1. The van der Waals surface area contributed by atoms with Crippen molar-refractivity contribution in [1.29, 1.82) is 0 Å². The second-order valence-corrected chi connectivity index (χ2v) is 6.17. The van der Waals surface area contributed by atoms with Gasteiger partial charge >= 0.3 is 0 Å². The van der Waals surface area contributed by atoms with Crippen LogP contribution in [0.4, 0.5) is 0 Å². The molecule has 1 aliphatic heterocycles. The van der Waals surface area contributed by atoms with Gasteiger partial charge in [-0.15, -0.1) is 0 Å². The summed E-state index contributed by atoms with van der Waals surface area (Å²) >= 11 is 0. The summed E-state index contributed by atoms with van der Waals surface area (Å²) in [5.41, 5.74) is 6.07. The van der Waals surface area contributed by atoms with Crippen molar-refractivity contribution in [3.05, 3.63) is 11.7 Å². The van der Waals surface area contributed by atoms with Gasteiger partial charge < -0.3 is 15.0 Å². The van der Waals surface area contributed by atoms with Gasteiger partial charge in [0.15, 0.2) is 0 Å². The van der Waals surface area contributed by atoms with E-state index in [-0.39, 0.29) is 12.1 Å². The van der Waals surface area contributed by atoms with Gasteiger partial charge in [0.1, 0.15) is 6.10 Å². The van der Waals surface area contributed by atoms with Crippen LogP contribution < -0.4 is 5.73 Å². The fraction of sp³-hybridized carbons (Fsp3) is 0.857. The maximum absolute atomic E-state index is 6.07. The van der Waals surface area contributed by atoms with Crippen LogP contribution in [0.1, 0.15) is 58.0 Å². The third-order valence-corrected chi connectivity index (χ3v) is 3.62. The number of nitrogens with zero attached hydrogens (tertiary/aromatic N) is 3. The Balaban J connectivity index is 2.01. The molecule has 1 aliphatic rings. The Labute approximate surface area is 120 Å². The van der Waals surface area contributed by atoms with Crippen molar-refractivity contribution >= 4 is 0 Å². The average molecular weight is 282 g/mol. The third-order valence-electron chi connectivity index (χ3n) is 3.62. The lowest BCUT2D eigenvalue weighted by Gasteiger charge is -2.34. The first-order chi connectivity index (χ1) is 9.47. The molecule has 1 aromatic heterocycles. The highest BCUT2D eigenvalue weighted by Gasteiger charge is 2.28. The predicted octanol–water partition coefficient (Wildman–Crippen LogP) is 1.90. The molecule has 2 heterocycles. The average Bonchev–Trinajstić information content (AvgIpc) is 2.87. The Morgan fingerprint density at radius 1 is 1.35 bits per heavy atom. The topological polar surface area (TPSA) is 77.4 Å². The van der Waals surface area contributed by atoms with E-state index in [2.05, 4.69) is 42.7 Å². The van der Waals surface area contributed by atoms with Crippen molar-refractivity contribution in [3.8, 4) is 0 Å². The van der Waals surface area contributed by atoms with Crippen LogP contribution in [0.2, 0.25) is 0 Å². The van der Waals surface area contributed by atoms with Gasteiger partial charge in [-0.25, -0.2) is 0 Å². The minimum absolute atomic E-state index is 0.116. The molecule has 2 N–H and O–H groups in total. The molecule has 2 rings (SSSR count). The number of morpholine rings is 1. The number of aromatic nitrogens is 2. The van der Waals surface area contributed by atoms with Crippen molar-refractivity contribution in [3.63, 3.8) is 0 Å². The Morgan fingerprint density at radius 3 is 2.75 bits per heavy atom. The van der Waals surface area contributed by atoms with E-state index < -0.39 is 0 Å². The van der Waals surface area contributed by atoms with Crippen molar-refractivity contribution in [1.82, 2.24) is 15.0 Å². The van der Waals surface area contributed by atoms with E-state index in [1.165, 1.54) is 0 Å². The van der Waals surface area contributed by atoms with Crippen molar-refractivity contribution < 1.29 is 9.26 Å². The number of hydrogen-bond acceptors (Lipinski definition) is 6. The number of rotatable bonds is 5. The first-order valence-electron chi connectivity index (χ1n) is 7.42. The van der Waals surface area contributed by atoms with E-state index in [0.717, 1.165) is 19.5 Å². The largest absolute Gasteiger partial charge is 0.367 e. The zero-order chi connectivity index (χ0) is 14.7. The van der Waals surface area contributed by atoms with Crippen molar-refractivity contribution in [2.45, 2.75) is 52.3 Å². The van der Waals surface area contributed by atoms with Crippen LogP contribution >= 0.6 is 0 Å². The summed E-state index contributed by atoms with van der Waals surface area (Å²) in [4.78, 5) is 6.79. The molecule has 20 heavy (non-hydrogen) atoms. The van der Waals surface area contributed by atoms with E-state index in [0.29, 0.717) is 30.3 Å². The summed E-state index contributed by atoms with van der Waals surface area (Å²) in [5.74, 6) is 1.63. The summed E-state index contributed by atoms with van der Waals surface area (Å²) < 4.78 is 11.0. The molecule has 0 amide bonds. The summed E-state index contributed by atoms with van der Waals surface area (Å²) in [5, 5.41) is 4.04. The van der Waals surface area contributed by atoms with E-state index in [9.17, 15) is 0 Å². The van der Waals surface area contributed by atoms with Crippen LogP contribution in [0.3, 0.4) is 0 Å². The van der Waals surface area contributed by atoms with E-state index in [1.807, 2.05) is 0 Å². The molecule has 1 aromatic rings. The Bertz CT molecular complexity index is 419. The summed E-state index contributed by atoms with van der Waals surface area (Å²) in [6.07, 6.45) is 0.723. The summed E-state index contributed by atoms with van der Waals surface area (Å²) in [6, 6.07) is 0.303. The lowest BCUT2D eigenvalue weighted by atomic mass is 10.0. The van der Waals surface area contributed by atoms with Crippen LogP contribution in [0.15, 0.2) is 4.52 Å². The predicted molar refractivity (Wildman–Crippen MR) is 76.1 cm³/mol.